The quantitative estimate of drug-likeness (QED) is 0.401. The van der Waals surface area contributed by atoms with Crippen LogP contribution in [0, 0.1) is 17.7 Å². The van der Waals surface area contributed by atoms with Crippen molar-refractivity contribution in [2.45, 2.75) is 11.5 Å². The number of hydrogen-bond donors (Lipinski definition) is 2. The maximum Gasteiger partial charge on any atom is 0.263 e. The van der Waals surface area contributed by atoms with Gasteiger partial charge in [0.05, 0.1) is 32.3 Å². The van der Waals surface area contributed by atoms with Gasteiger partial charge in [-0.2, -0.15) is 0 Å². The molecule has 1 aromatic heterocycles. The van der Waals surface area contributed by atoms with Crippen molar-refractivity contribution < 1.29 is 31.8 Å². The minimum absolute atomic E-state index is 0.0109. The molecule has 1 heterocycles. The zero-order chi connectivity index (χ0) is 26.0. The molecule has 2 N–H and O–H groups in total. The number of nitrogens with one attached hydrogen (secondary N) is 2. The van der Waals surface area contributed by atoms with Gasteiger partial charge in [-0.25, -0.2) is 17.8 Å². The molecule has 0 fully saturated rings. The predicted molar refractivity (Wildman–Crippen MR) is 131 cm³/mol. The molecule has 0 aliphatic rings. The Morgan fingerprint density at radius 3 is 2.44 bits per heavy atom. The molecule has 9 nitrogen and oxygen atoms in total. The average molecular weight is 514 g/mol. The van der Waals surface area contributed by atoms with Crippen molar-refractivity contribution in [1.29, 1.82) is 0 Å². The molecule has 0 aliphatic carbocycles. The van der Waals surface area contributed by atoms with Crippen LogP contribution in [-0.4, -0.2) is 46.7 Å². The molecule has 0 saturated carbocycles. The normalized spacial score (nSPS) is 10.6. The summed E-state index contributed by atoms with van der Waals surface area (Å²) in [5.41, 5.74) is 1.29. The predicted octanol–water partition coefficient (Wildman–Crippen LogP) is 2.72. The topological polar surface area (TPSA) is 116 Å². The van der Waals surface area contributed by atoms with E-state index in [1.165, 1.54) is 56.8 Å². The van der Waals surface area contributed by atoms with Crippen LogP contribution in [0.2, 0.25) is 0 Å². The number of anilines is 1. The molecule has 0 bridgehead atoms. The minimum atomic E-state index is -3.90. The molecule has 0 radical (unpaired) electrons. The molecule has 3 aromatic rings. The highest BCUT2D eigenvalue weighted by molar-refractivity contribution is 7.92. The zero-order valence-corrected chi connectivity index (χ0v) is 20.4. The number of hydrogen-bond acceptors (Lipinski definition) is 7. The third kappa shape index (κ3) is 7.69. The molecule has 11 heteroatoms. The molecule has 0 aliphatic heterocycles. The van der Waals surface area contributed by atoms with Gasteiger partial charge >= 0.3 is 0 Å². The average Bonchev–Trinajstić information content (AvgIpc) is 2.88. The van der Waals surface area contributed by atoms with E-state index >= 15 is 0 Å². The van der Waals surface area contributed by atoms with Gasteiger partial charge in [0.1, 0.15) is 18.2 Å². The third-order valence-electron chi connectivity index (χ3n) is 4.69. The molecule has 0 unspecified atom stereocenters. The van der Waals surface area contributed by atoms with E-state index in [0.29, 0.717) is 11.3 Å². The first-order valence-corrected chi connectivity index (χ1v) is 12.1. The van der Waals surface area contributed by atoms with E-state index in [1.807, 2.05) is 0 Å². The monoisotopic (exact) mass is 513 g/mol. The summed E-state index contributed by atoms with van der Waals surface area (Å²) in [6.45, 7) is 0.120. The Labute approximate surface area is 208 Å². The van der Waals surface area contributed by atoms with Gasteiger partial charge < -0.3 is 19.5 Å². The summed E-state index contributed by atoms with van der Waals surface area (Å²) in [6.07, 6.45) is 1.41. The van der Waals surface area contributed by atoms with Crippen LogP contribution in [-0.2, 0) is 26.2 Å². The van der Waals surface area contributed by atoms with Crippen LogP contribution in [0.15, 0.2) is 65.7 Å². The van der Waals surface area contributed by atoms with Crippen LogP contribution in [0.4, 0.5) is 10.2 Å². The van der Waals surface area contributed by atoms with Gasteiger partial charge in [0, 0.05) is 17.8 Å². The maximum atomic E-state index is 12.9. The van der Waals surface area contributed by atoms with Crippen molar-refractivity contribution in [3.8, 4) is 23.3 Å². The number of benzene rings is 2. The SMILES string of the molecule is COc1ccc(S(=O)(=O)Nc2ccc(C#CCNC(=O)COCc3ccc(F)cc3)cn2)cc1OC. The van der Waals surface area contributed by atoms with Crippen molar-refractivity contribution in [3.63, 3.8) is 0 Å². The number of aromatic nitrogens is 1. The van der Waals surface area contributed by atoms with Gasteiger partial charge in [-0.1, -0.05) is 24.0 Å². The van der Waals surface area contributed by atoms with Crippen LogP contribution < -0.4 is 19.5 Å². The van der Waals surface area contributed by atoms with Crippen LogP contribution in [0.25, 0.3) is 0 Å². The van der Waals surface area contributed by atoms with Crippen LogP contribution in [0.5, 0.6) is 11.5 Å². The fourth-order valence-electron chi connectivity index (χ4n) is 2.89. The smallest absolute Gasteiger partial charge is 0.263 e. The lowest BCUT2D eigenvalue weighted by molar-refractivity contribution is -0.125. The van der Waals surface area contributed by atoms with E-state index in [0.717, 1.165) is 5.56 Å². The zero-order valence-electron chi connectivity index (χ0n) is 19.6. The van der Waals surface area contributed by atoms with Crippen molar-refractivity contribution in [1.82, 2.24) is 10.3 Å². The summed E-state index contributed by atoms with van der Waals surface area (Å²) < 4.78 is 56.1. The van der Waals surface area contributed by atoms with Crippen LogP contribution >= 0.6 is 0 Å². The second-order valence-corrected chi connectivity index (χ2v) is 8.93. The second kappa shape index (κ2) is 12.5. The Bertz CT molecular complexity index is 1350. The van der Waals surface area contributed by atoms with Crippen LogP contribution in [0.1, 0.15) is 11.1 Å². The van der Waals surface area contributed by atoms with Gasteiger partial charge in [-0.15, -0.1) is 0 Å². The molecular weight excluding hydrogens is 489 g/mol. The van der Waals surface area contributed by atoms with Gasteiger partial charge in [0.25, 0.3) is 10.0 Å². The highest BCUT2D eigenvalue weighted by atomic mass is 32.2. The molecular formula is C25H24FN3O6S. The lowest BCUT2D eigenvalue weighted by atomic mass is 10.2. The highest BCUT2D eigenvalue weighted by Gasteiger charge is 2.17. The number of amides is 1. The largest absolute Gasteiger partial charge is 0.493 e. The third-order valence-corrected chi connectivity index (χ3v) is 6.04. The van der Waals surface area contributed by atoms with Crippen LogP contribution in [0.3, 0.4) is 0 Å². The lowest BCUT2D eigenvalue weighted by Crippen LogP contribution is -2.27. The summed E-state index contributed by atoms with van der Waals surface area (Å²) in [5.74, 6) is 5.73. The van der Waals surface area contributed by atoms with E-state index in [-0.39, 0.29) is 47.9 Å². The molecule has 36 heavy (non-hydrogen) atoms. The van der Waals surface area contributed by atoms with E-state index in [1.54, 1.807) is 18.2 Å². The molecule has 1 amide bonds. The summed E-state index contributed by atoms with van der Waals surface area (Å²) in [5, 5.41) is 2.60. The molecule has 0 spiro atoms. The fraction of sp³-hybridized carbons (Fsp3) is 0.200. The Hall–Kier alpha value is -4.14. The minimum Gasteiger partial charge on any atom is -0.493 e. The number of pyridine rings is 1. The molecule has 0 saturated heterocycles. The molecule has 2 aromatic carbocycles. The maximum absolute atomic E-state index is 12.9. The van der Waals surface area contributed by atoms with E-state index in [9.17, 15) is 17.6 Å². The first-order chi connectivity index (χ1) is 17.3. The Kier molecular flexibility index (Phi) is 9.21. The summed E-state index contributed by atoms with van der Waals surface area (Å²) in [7, 11) is -1.03. The fourth-order valence-corrected chi connectivity index (χ4v) is 3.91. The Morgan fingerprint density at radius 2 is 1.78 bits per heavy atom. The van der Waals surface area contributed by atoms with Crippen molar-refractivity contribution >= 4 is 21.7 Å². The number of sulfonamides is 1. The van der Waals surface area contributed by atoms with Gasteiger partial charge in [0.2, 0.25) is 5.91 Å². The second-order valence-electron chi connectivity index (χ2n) is 7.25. The standard InChI is InChI=1S/C25H24FN3O6S/c1-33-22-11-10-21(14-23(22)34-2)36(31,32)29-24-12-7-18(15-28-24)4-3-13-27-25(30)17-35-16-19-5-8-20(26)9-6-19/h5-12,14-15H,13,16-17H2,1-2H3,(H,27,30)(H,28,29). The van der Waals surface area contributed by atoms with Crippen molar-refractivity contribution in [3.05, 3.63) is 77.7 Å². The Morgan fingerprint density at radius 1 is 1.03 bits per heavy atom. The number of rotatable bonds is 10. The van der Waals surface area contributed by atoms with E-state index in [4.69, 9.17) is 14.2 Å². The summed E-state index contributed by atoms with van der Waals surface area (Å²) >= 11 is 0. The Balaban J connectivity index is 1.47. The molecule has 0 atom stereocenters. The number of carbonyl (C=O) groups is 1. The summed E-state index contributed by atoms with van der Waals surface area (Å²) in [4.78, 5) is 15.9. The number of halogens is 1. The van der Waals surface area contributed by atoms with Crippen molar-refractivity contribution in [2.75, 3.05) is 32.1 Å². The molecule has 3 rings (SSSR count). The highest BCUT2D eigenvalue weighted by Crippen LogP contribution is 2.30. The first-order valence-electron chi connectivity index (χ1n) is 10.6. The number of carbonyl (C=O) groups excluding carboxylic acids is 1. The van der Waals surface area contributed by atoms with Crippen molar-refractivity contribution in [2.24, 2.45) is 0 Å². The van der Waals surface area contributed by atoms with Gasteiger partial charge in [0.15, 0.2) is 11.5 Å². The summed E-state index contributed by atoms with van der Waals surface area (Å²) in [6, 6.07) is 13.1. The first kappa shape index (κ1) is 26.5. The van der Waals surface area contributed by atoms with E-state index < -0.39 is 10.0 Å². The number of nitrogens with zero attached hydrogens (tertiary/aromatic N) is 1. The van der Waals surface area contributed by atoms with Gasteiger partial charge in [-0.05, 0) is 42.0 Å². The van der Waals surface area contributed by atoms with Gasteiger partial charge in [-0.3, -0.25) is 9.52 Å². The molecule has 188 valence electrons. The lowest BCUT2D eigenvalue weighted by Gasteiger charge is -2.11. The number of methoxy groups -OCH3 is 2. The van der Waals surface area contributed by atoms with E-state index in [2.05, 4.69) is 26.9 Å². The number of ether oxygens (including phenoxy) is 3.